The third-order valence-corrected chi connectivity index (χ3v) is 4.08. The fraction of sp³-hybridized carbons (Fsp3) is 0.889. The molecular formula is C9H18FO5P. The Morgan fingerprint density at radius 1 is 1.19 bits per heavy atom. The van der Waals surface area contributed by atoms with Crippen LogP contribution in [0.2, 0.25) is 0 Å². The van der Waals surface area contributed by atoms with Crippen LogP contribution in [0.5, 0.6) is 0 Å². The number of rotatable bonds is 9. The van der Waals surface area contributed by atoms with E-state index in [1.165, 1.54) is 13.8 Å². The minimum atomic E-state index is -4.13. The molecule has 0 aliphatic rings. The summed E-state index contributed by atoms with van der Waals surface area (Å²) in [6.07, 6.45) is -0.0746. The van der Waals surface area contributed by atoms with Crippen LogP contribution in [-0.2, 0) is 23.1 Å². The average Bonchev–Trinajstić information content (AvgIpc) is 2.26. The molecule has 0 radical (unpaired) electrons. The van der Waals surface area contributed by atoms with Gasteiger partial charge >= 0.3 is 7.60 Å². The van der Waals surface area contributed by atoms with E-state index >= 15 is 0 Å². The van der Waals surface area contributed by atoms with Gasteiger partial charge in [0.25, 0.3) is 5.41 Å². The van der Waals surface area contributed by atoms with E-state index in [0.29, 0.717) is 0 Å². The zero-order chi connectivity index (χ0) is 12.7. The molecule has 0 aromatic carbocycles. The first kappa shape index (κ1) is 15.7. The van der Waals surface area contributed by atoms with E-state index in [9.17, 15) is 13.8 Å². The summed E-state index contributed by atoms with van der Waals surface area (Å²) >= 11 is 0. The summed E-state index contributed by atoms with van der Waals surface area (Å²) in [7, 11) is -4.13. The van der Waals surface area contributed by atoms with Crippen molar-refractivity contribution in [3.05, 3.63) is 0 Å². The molecule has 0 heterocycles. The lowest BCUT2D eigenvalue weighted by atomic mass is 10.4. The Balaban J connectivity index is 4.95. The van der Waals surface area contributed by atoms with Gasteiger partial charge in [-0.2, -0.15) is 0 Å². The molecule has 0 aromatic rings. The zero-order valence-corrected chi connectivity index (χ0v) is 10.7. The molecule has 1 unspecified atom stereocenters. The number of ether oxygens (including phenoxy) is 1. The quantitative estimate of drug-likeness (QED) is 0.467. The van der Waals surface area contributed by atoms with Crippen molar-refractivity contribution in [3.63, 3.8) is 0 Å². The molecular weight excluding hydrogens is 238 g/mol. The standard InChI is InChI=1S/C9H18FO5P/c1-4-13-8-9(10,7-11)16(12,14-5-2)15-6-3/h7H,4-6,8H2,1-3H3. The Hall–Kier alpha value is -0.290. The Labute approximate surface area is 94.8 Å². The SMILES string of the molecule is CCOCC(F)(C=O)P(=O)(OCC)OCC. The normalized spacial score (nSPS) is 15.8. The second-order valence-corrected chi connectivity index (χ2v) is 5.16. The maximum atomic E-state index is 14.1. The van der Waals surface area contributed by atoms with E-state index in [4.69, 9.17) is 13.8 Å². The fourth-order valence-corrected chi connectivity index (χ4v) is 2.58. The van der Waals surface area contributed by atoms with Crippen molar-refractivity contribution < 1.29 is 27.5 Å². The Morgan fingerprint density at radius 3 is 2.00 bits per heavy atom. The molecule has 7 heteroatoms. The molecule has 0 N–H and O–H groups in total. The van der Waals surface area contributed by atoms with Gasteiger partial charge in [-0.15, -0.1) is 0 Å². The van der Waals surface area contributed by atoms with Crippen LogP contribution < -0.4 is 0 Å². The largest absolute Gasteiger partial charge is 0.377 e. The van der Waals surface area contributed by atoms with E-state index in [1.54, 1.807) is 6.92 Å². The van der Waals surface area contributed by atoms with Crippen LogP contribution in [0.4, 0.5) is 4.39 Å². The van der Waals surface area contributed by atoms with Crippen molar-refractivity contribution in [2.24, 2.45) is 0 Å². The van der Waals surface area contributed by atoms with Crippen molar-refractivity contribution in [2.45, 2.75) is 26.2 Å². The molecule has 0 amide bonds. The van der Waals surface area contributed by atoms with Crippen molar-refractivity contribution in [3.8, 4) is 0 Å². The molecule has 16 heavy (non-hydrogen) atoms. The Bertz CT molecular complexity index is 250. The molecule has 1 atom stereocenters. The number of aldehydes is 1. The minimum absolute atomic E-state index is 0.0110. The lowest BCUT2D eigenvalue weighted by Gasteiger charge is -2.27. The minimum Gasteiger partial charge on any atom is -0.377 e. The fourth-order valence-electron chi connectivity index (χ4n) is 1.01. The highest BCUT2D eigenvalue weighted by Crippen LogP contribution is 2.60. The molecule has 0 aliphatic carbocycles. The van der Waals surface area contributed by atoms with Gasteiger partial charge in [0, 0.05) is 6.61 Å². The summed E-state index contributed by atoms with van der Waals surface area (Å²) in [5, 5.41) is -2.74. The van der Waals surface area contributed by atoms with E-state index in [2.05, 4.69) is 0 Å². The van der Waals surface area contributed by atoms with Crippen molar-refractivity contribution in [2.75, 3.05) is 26.4 Å². The van der Waals surface area contributed by atoms with E-state index in [-0.39, 0.29) is 26.1 Å². The van der Waals surface area contributed by atoms with Crippen molar-refractivity contribution in [1.29, 1.82) is 0 Å². The first-order valence-corrected chi connectivity index (χ1v) is 6.66. The summed E-state index contributed by atoms with van der Waals surface area (Å²) in [4.78, 5) is 10.7. The van der Waals surface area contributed by atoms with Crippen molar-refractivity contribution in [1.82, 2.24) is 0 Å². The van der Waals surface area contributed by atoms with Gasteiger partial charge in [-0.25, -0.2) is 4.39 Å². The van der Waals surface area contributed by atoms with Crippen LogP contribution in [-0.4, -0.2) is 38.1 Å². The van der Waals surface area contributed by atoms with Gasteiger partial charge in [0.2, 0.25) is 0 Å². The van der Waals surface area contributed by atoms with Crippen LogP contribution >= 0.6 is 7.60 Å². The van der Waals surface area contributed by atoms with Gasteiger partial charge < -0.3 is 13.8 Å². The third-order valence-electron chi connectivity index (χ3n) is 1.74. The Kier molecular flexibility index (Phi) is 6.99. The molecule has 5 nitrogen and oxygen atoms in total. The number of halogens is 1. The van der Waals surface area contributed by atoms with Gasteiger partial charge in [-0.3, -0.25) is 9.36 Å². The number of hydrogen-bond acceptors (Lipinski definition) is 5. The lowest BCUT2D eigenvalue weighted by Crippen LogP contribution is -2.33. The first-order valence-electron chi connectivity index (χ1n) is 5.11. The van der Waals surface area contributed by atoms with Gasteiger partial charge in [0.05, 0.1) is 19.8 Å². The van der Waals surface area contributed by atoms with E-state index in [0.717, 1.165) is 0 Å². The smallest absolute Gasteiger partial charge is 0.377 e. The third kappa shape index (κ3) is 3.63. The highest BCUT2D eigenvalue weighted by molar-refractivity contribution is 7.56. The van der Waals surface area contributed by atoms with Gasteiger partial charge in [-0.1, -0.05) is 0 Å². The van der Waals surface area contributed by atoms with Crippen LogP contribution in [0.15, 0.2) is 0 Å². The van der Waals surface area contributed by atoms with Crippen LogP contribution in [0, 0.1) is 0 Å². The molecule has 0 saturated heterocycles. The molecule has 0 spiro atoms. The average molecular weight is 256 g/mol. The maximum absolute atomic E-state index is 14.1. The topological polar surface area (TPSA) is 61.8 Å². The van der Waals surface area contributed by atoms with Crippen LogP contribution in [0.25, 0.3) is 0 Å². The molecule has 0 aliphatic heterocycles. The maximum Gasteiger partial charge on any atom is 0.377 e. The molecule has 0 rings (SSSR count). The molecule has 96 valence electrons. The highest BCUT2D eigenvalue weighted by Gasteiger charge is 2.52. The predicted molar refractivity (Wildman–Crippen MR) is 57.3 cm³/mol. The van der Waals surface area contributed by atoms with Crippen LogP contribution in [0.3, 0.4) is 0 Å². The molecule has 0 bridgehead atoms. The molecule has 0 fully saturated rings. The number of alkyl halides is 1. The summed E-state index contributed by atoms with van der Waals surface area (Å²) < 4.78 is 40.5. The number of carbonyl (C=O) groups excluding carboxylic acids is 1. The second kappa shape index (κ2) is 7.12. The highest BCUT2D eigenvalue weighted by atomic mass is 31.2. The van der Waals surface area contributed by atoms with Gasteiger partial charge in [-0.05, 0) is 20.8 Å². The summed E-state index contributed by atoms with van der Waals surface area (Å²) in [6, 6.07) is 0. The van der Waals surface area contributed by atoms with E-state index < -0.39 is 19.6 Å². The second-order valence-electron chi connectivity index (χ2n) is 2.91. The van der Waals surface area contributed by atoms with Crippen molar-refractivity contribution >= 4 is 13.9 Å². The first-order chi connectivity index (χ1) is 7.49. The number of hydrogen-bond donors (Lipinski definition) is 0. The van der Waals surface area contributed by atoms with Gasteiger partial charge in [0.15, 0.2) is 6.29 Å². The summed E-state index contributed by atoms with van der Waals surface area (Å²) in [5.41, 5.74) is 0. The molecule has 0 saturated carbocycles. The van der Waals surface area contributed by atoms with Gasteiger partial charge in [0.1, 0.15) is 0 Å². The zero-order valence-electron chi connectivity index (χ0n) is 9.77. The Morgan fingerprint density at radius 2 is 1.69 bits per heavy atom. The summed E-state index contributed by atoms with van der Waals surface area (Å²) in [6.45, 7) is 4.26. The molecule has 0 aromatic heterocycles. The lowest BCUT2D eigenvalue weighted by molar-refractivity contribution is -0.117. The predicted octanol–water partition coefficient (Wildman–Crippen LogP) is 2.15. The summed E-state index contributed by atoms with van der Waals surface area (Å²) in [5.74, 6) is 0. The number of carbonyl (C=O) groups is 1. The monoisotopic (exact) mass is 256 g/mol. The van der Waals surface area contributed by atoms with E-state index in [1.807, 2.05) is 0 Å². The van der Waals surface area contributed by atoms with Crippen LogP contribution in [0.1, 0.15) is 20.8 Å².